The maximum atomic E-state index is 2.41. The van der Waals surface area contributed by atoms with E-state index in [4.69, 9.17) is 0 Å². The van der Waals surface area contributed by atoms with Crippen molar-refractivity contribution < 1.29 is 0 Å². The van der Waals surface area contributed by atoms with Gasteiger partial charge >= 0.3 is 0 Å². The molecule has 0 aromatic heterocycles. The standard InChI is InChI=1S/C13H24S/c1-5-9-11-12(7-3)13(10-6-2)14-8-4/h10-11H,5-9H2,1-4H3/b12-11-,13-10+. The molecule has 0 bridgehead atoms. The van der Waals surface area contributed by atoms with E-state index in [0.717, 1.165) is 6.42 Å². The predicted molar refractivity (Wildman–Crippen MR) is 69.8 cm³/mol. The van der Waals surface area contributed by atoms with Crippen LogP contribution in [0.1, 0.15) is 53.4 Å². The zero-order chi connectivity index (χ0) is 10.8. The Morgan fingerprint density at radius 2 is 1.79 bits per heavy atom. The van der Waals surface area contributed by atoms with E-state index < -0.39 is 0 Å². The molecule has 0 saturated heterocycles. The maximum absolute atomic E-state index is 2.41. The third-order valence-corrected chi connectivity index (χ3v) is 3.09. The van der Waals surface area contributed by atoms with Gasteiger partial charge in [0.2, 0.25) is 0 Å². The molecule has 0 nitrogen and oxygen atoms in total. The first-order chi connectivity index (χ1) is 6.79. The summed E-state index contributed by atoms with van der Waals surface area (Å²) in [6.07, 6.45) is 9.54. The van der Waals surface area contributed by atoms with Crippen molar-refractivity contribution in [1.29, 1.82) is 0 Å². The Morgan fingerprint density at radius 3 is 2.21 bits per heavy atom. The molecule has 0 unspecified atom stereocenters. The normalized spacial score (nSPS) is 13.4. The van der Waals surface area contributed by atoms with Gasteiger partial charge in [0.1, 0.15) is 0 Å². The molecule has 0 aliphatic carbocycles. The molecule has 0 aromatic rings. The summed E-state index contributed by atoms with van der Waals surface area (Å²) in [6, 6.07) is 0. The minimum atomic E-state index is 1.14. The van der Waals surface area contributed by atoms with Crippen molar-refractivity contribution >= 4 is 11.8 Å². The van der Waals surface area contributed by atoms with Gasteiger partial charge in [-0.2, -0.15) is 0 Å². The maximum Gasteiger partial charge on any atom is 0.00606 e. The lowest BCUT2D eigenvalue weighted by Crippen LogP contribution is -1.86. The monoisotopic (exact) mass is 212 g/mol. The molecule has 0 saturated carbocycles. The Hall–Kier alpha value is -0.170. The summed E-state index contributed by atoms with van der Waals surface area (Å²) in [5, 5.41) is 0. The van der Waals surface area contributed by atoms with Gasteiger partial charge in [0.25, 0.3) is 0 Å². The first-order valence-electron chi connectivity index (χ1n) is 5.82. The van der Waals surface area contributed by atoms with Crippen LogP contribution in [0.25, 0.3) is 0 Å². The van der Waals surface area contributed by atoms with Crippen LogP contribution in [0.3, 0.4) is 0 Å². The van der Waals surface area contributed by atoms with E-state index in [0.29, 0.717) is 0 Å². The van der Waals surface area contributed by atoms with Gasteiger partial charge in [-0.1, -0.05) is 46.3 Å². The molecule has 0 spiro atoms. The molecule has 0 aliphatic rings. The second-order valence-corrected chi connectivity index (χ2v) is 4.59. The van der Waals surface area contributed by atoms with Crippen molar-refractivity contribution in [3.63, 3.8) is 0 Å². The van der Waals surface area contributed by atoms with Crippen LogP contribution in [0.5, 0.6) is 0 Å². The molecule has 0 rings (SSSR count). The van der Waals surface area contributed by atoms with Crippen LogP contribution in [0, 0.1) is 0 Å². The van der Waals surface area contributed by atoms with Crippen LogP contribution in [0.4, 0.5) is 0 Å². The van der Waals surface area contributed by atoms with E-state index >= 15 is 0 Å². The van der Waals surface area contributed by atoms with Crippen molar-refractivity contribution in [2.45, 2.75) is 53.4 Å². The molecule has 0 heterocycles. The summed E-state index contributed by atoms with van der Waals surface area (Å²) in [4.78, 5) is 1.51. The molecule has 0 aliphatic heterocycles. The van der Waals surface area contributed by atoms with E-state index in [1.807, 2.05) is 11.8 Å². The van der Waals surface area contributed by atoms with Crippen LogP contribution in [0.2, 0.25) is 0 Å². The highest BCUT2D eigenvalue weighted by Gasteiger charge is 2.01. The molecular weight excluding hydrogens is 188 g/mol. The molecule has 14 heavy (non-hydrogen) atoms. The van der Waals surface area contributed by atoms with Gasteiger partial charge in [0.15, 0.2) is 0 Å². The lowest BCUT2D eigenvalue weighted by atomic mass is 10.1. The topological polar surface area (TPSA) is 0 Å². The van der Waals surface area contributed by atoms with Gasteiger partial charge in [-0.15, -0.1) is 11.8 Å². The van der Waals surface area contributed by atoms with Gasteiger partial charge in [-0.05, 0) is 30.6 Å². The van der Waals surface area contributed by atoms with E-state index in [9.17, 15) is 0 Å². The van der Waals surface area contributed by atoms with E-state index in [1.165, 1.54) is 29.9 Å². The Kier molecular flexibility index (Phi) is 9.27. The highest BCUT2D eigenvalue weighted by Crippen LogP contribution is 2.27. The number of rotatable bonds is 7. The van der Waals surface area contributed by atoms with Crippen molar-refractivity contribution in [2.24, 2.45) is 0 Å². The van der Waals surface area contributed by atoms with Gasteiger partial charge in [-0.25, -0.2) is 0 Å². The quantitative estimate of drug-likeness (QED) is 0.525. The minimum Gasteiger partial charge on any atom is -0.127 e. The van der Waals surface area contributed by atoms with Crippen molar-refractivity contribution in [3.8, 4) is 0 Å². The molecule has 0 atom stereocenters. The molecular formula is C13H24S. The first kappa shape index (κ1) is 13.8. The second-order valence-electron chi connectivity index (χ2n) is 3.28. The number of hydrogen-bond acceptors (Lipinski definition) is 1. The van der Waals surface area contributed by atoms with Gasteiger partial charge in [0.05, 0.1) is 0 Å². The summed E-state index contributed by atoms with van der Waals surface area (Å²) >= 11 is 1.98. The van der Waals surface area contributed by atoms with Crippen LogP contribution in [-0.4, -0.2) is 5.75 Å². The number of unbranched alkanes of at least 4 members (excludes halogenated alkanes) is 1. The molecule has 0 fully saturated rings. The molecule has 0 amide bonds. The summed E-state index contributed by atoms with van der Waals surface area (Å²) in [5.41, 5.74) is 1.54. The lowest BCUT2D eigenvalue weighted by molar-refractivity contribution is 0.940. The van der Waals surface area contributed by atoms with Crippen molar-refractivity contribution in [1.82, 2.24) is 0 Å². The van der Waals surface area contributed by atoms with Crippen LogP contribution in [-0.2, 0) is 0 Å². The third-order valence-electron chi connectivity index (χ3n) is 2.07. The summed E-state index contributed by atoms with van der Waals surface area (Å²) in [5.74, 6) is 1.18. The fourth-order valence-corrected chi connectivity index (χ4v) is 2.37. The van der Waals surface area contributed by atoms with Crippen molar-refractivity contribution in [3.05, 3.63) is 22.6 Å². The van der Waals surface area contributed by atoms with E-state index in [2.05, 4.69) is 39.8 Å². The number of allylic oxidation sites excluding steroid dienone is 3. The predicted octanol–water partition coefficient (Wildman–Crippen LogP) is 5.17. The smallest absolute Gasteiger partial charge is 0.00606 e. The summed E-state index contributed by atoms with van der Waals surface area (Å²) in [7, 11) is 0. The first-order valence-corrected chi connectivity index (χ1v) is 6.80. The summed E-state index contributed by atoms with van der Waals surface area (Å²) < 4.78 is 0. The number of hydrogen-bond donors (Lipinski definition) is 0. The lowest BCUT2D eigenvalue weighted by Gasteiger charge is -2.09. The Bertz CT molecular complexity index is 189. The zero-order valence-electron chi connectivity index (χ0n) is 10.1. The van der Waals surface area contributed by atoms with Crippen LogP contribution in [0.15, 0.2) is 22.6 Å². The Labute approximate surface area is 93.9 Å². The Morgan fingerprint density at radius 1 is 1.07 bits per heavy atom. The fourth-order valence-electron chi connectivity index (χ4n) is 1.36. The van der Waals surface area contributed by atoms with Gasteiger partial charge in [0, 0.05) is 4.91 Å². The molecule has 82 valence electrons. The largest absolute Gasteiger partial charge is 0.127 e. The number of thioether (sulfide) groups is 1. The second kappa shape index (κ2) is 9.39. The van der Waals surface area contributed by atoms with Gasteiger partial charge < -0.3 is 0 Å². The highest BCUT2D eigenvalue weighted by atomic mass is 32.2. The zero-order valence-corrected chi connectivity index (χ0v) is 10.9. The summed E-state index contributed by atoms with van der Waals surface area (Å²) in [6.45, 7) is 8.92. The molecule has 1 heteroatoms. The van der Waals surface area contributed by atoms with Gasteiger partial charge in [-0.3, -0.25) is 0 Å². The van der Waals surface area contributed by atoms with Crippen molar-refractivity contribution in [2.75, 3.05) is 5.75 Å². The van der Waals surface area contributed by atoms with Crippen LogP contribution < -0.4 is 0 Å². The highest BCUT2D eigenvalue weighted by molar-refractivity contribution is 8.03. The SMILES string of the molecule is CC/C=C(SCC)\C(=C/CCC)CC. The van der Waals surface area contributed by atoms with Crippen LogP contribution >= 0.6 is 11.8 Å². The fraction of sp³-hybridized carbons (Fsp3) is 0.692. The minimum absolute atomic E-state index is 1.14. The third kappa shape index (κ3) is 5.54. The molecule has 0 aromatic carbocycles. The van der Waals surface area contributed by atoms with E-state index in [-0.39, 0.29) is 0 Å². The Balaban J connectivity index is 4.49. The average Bonchev–Trinajstić information content (AvgIpc) is 2.19. The molecule has 0 N–H and O–H groups in total. The van der Waals surface area contributed by atoms with E-state index in [1.54, 1.807) is 5.57 Å². The average molecular weight is 212 g/mol. The molecule has 0 radical (unpaired) electrons.